The first-order valence-electron chi connectivity index (χ1n) is 13.1. The predicted molar refractivity (Wildman–Crippen MR) is 134 cm³/mol. The smallest absolute Gasteiger partial charge is 0.181 e. The van der Waals surface area contributed by atoms with Gasteiger partial charge in [-0.1, -0.05) is 73.9 Å². The maximum atomic E-state index is 14.2. The average Bonchev–Trinajstić information content (AvgIpc) is 2.93. The van der Waals surface area contributed by atoms with Crippen LogP contribution < -0.4 is 0 Å². The van der Waals surface area contributed by atoms with Gasteiger partial charge in [0.05, 0.1) is 38.5 Å². The van der Waals surface area contributed by atoms with E-state index >= 15 is 0 Å². The third kappa shape index (κ3) is 5.44. The topological polar surface area (TPSA) is 42.0 Å². The van der Waals surface area contributed by atoms with E-state index in [0.717, 1.165) is 31.7 Å². The van der Waals surface area contributed by atoms with Gasteiger partial charge in [-0.2, -0.15) is 0 Å². The molecule has 5 rings (SSSR count). The number of ketones is 1. The number of morpholine rings is 2. The molecule has 0 aromatic heterocycles. The lowest BCUT2D eigenvalue weighted by Crippen LogP contribution is -2.55. The maximum Gasteiger partial charge on any atom is 0.181 e. The summed E-state index contributed by atoms with van der Waals surface area (Å²) >= 11 is 0. The van der Waals surface area contributed by atoms with Crippen LogP contribution in [0.15, 0.2) is 54.6 Å². The number of Topliss-reactive ketones (excluding diaryl/α,β-unsaturated/α-hetero) is 1. The Morgan fingerprint density at radius 2 is 1.32 bits per heavy atom. The molecule has 2 aliphatic heterocycles. The molecule has 0 radical (unpaired) electrons. The standard InChI is InChI=1S/C29H38N2O3/c32-29(26-13-11-24(12-14-26)23-7-3-1-4-8-23)28(31-17-21-34-22-18-31)27(25-9-5-2-6-10-25)30-15-19-33-20-16-30/h2,5-6,9-14,23,27-28H,1,3-4,7-8,15-22H2. The van der Waals surface area contributed by atoms with Crippen LogP contribution in [0.1, 0.15) is 65.5 Å². The largest absolute Gasteiger partial charge is 0.379 e. The lowest BCUT2D eigenvalue weighted by atomic mass is 9.83. The highest BCUT2D eigenvalue weighted by Crippen LogP contribution is 2.34. The molecule has 3 fully saturated rings. The van der Waals surface area contributed by atoms with Gasteiger partial charge >= 0.3 is 0 Å². The summed E-state index contributed by atoms with van der Waals surface area (Å²) in [6, 6.07) is 18.9. The first kappa shape index (κ1) is 23.7. The van der Waals surface area contributed by atoms with Crippen LogP contribution in [0.2, 0.25) is 0 Å². The van der Waals surface area contributed by atoms with Gasteiger partial charge in [0.25, 0.3) is 0 Å². The fourth-order valence-corrected chi connectivity index (χ4v) is 5.99. The molecule has 182 valence electrons. The SMILES string of the molecule is O=C(c1ccc(C2CCCCC2)cc1)C(C(c1ccccc1)N1CCOCC1)N1CCOCC1. The number of ether oxygens (including phenoxy) is 2. The number of carbonyl (C=O) groups excluding carboxylic acids is 1. The Labute approximate surface area is 204 Å². The molecule has 2 unspecified atom stereocenters. The molecular weight excluding hydrogens is 424 g/mol. The molecule has 1 saturated carbocycles. The van der Waals surface area contributed by atoms with Gasteiger partial charge in [0.1, 0.15) is 0 Å². The Kier molecular flexibility index (Phi) is 8.07. The molecule has 34 heavy (non-hydrogen) atoms. The summed E-state index contributed by atoms with van der Waals surface area (Å²) in [5.74, 6) is 0.871. The molecule has 2 aromatic rings. The van der Waals surface area contributed by atoms with Crippen LogP contribution >= 0.6 is 0 Å². The molecular formula is C29H38N2O3. The van der Waals surface area contributed by atoms with Crippen molar-refractivity contribution in [2.45, 2.75) is 50.1 Å². The Morgan fingerprint density at radius 1 is 0.735 bits per heavy atom. The van der Waals surface area contributed by atoms with Crippen molar-refractivity contribution in [1.82, 2.24) is 9.80 Å². The summed E-state index contributed by atoms with van der Waals surface area (Å²) in [7, 11) is 0. The van der Waals surface area contributed by atoms with Crippen LogP contribution in [0.25, 0.3) is 0 Å². The van der Waals surface area contributed by atoms with E-state index in [1.807, 2.05) is 0 Å². The Balaban J connectivity index is 1.47. The molecule has 0 amide bonds. The van der Waals surface area contributed by atoms with Crippen molar-refractivity contribution in [1.29, 1.82) is 0 Å². The van der Waals surface area contributed by atoms with Gasteiger partial charge in [-0.25, -0.2) is 0 Å². The van der Waals surface area contributed by atoms with Gasteiger partial charge in [0.15, 0.2) is 5.78 Å². The van der Waals surface area contributed by atoms with E-state index in [9.17, 15) is 4.79 Å². The monoisotopic (exact) mass is 462 g/mol. The first-order chi connectivity index (χ1) is 16.8. The molecule has 2 heterocycles. The van der Waals surface area contributed by atoms with Gasteiger partial charge in [-0.15, -0.1) is 0 Å². The lowest BCUT2D eigenvalue weighted by Gasteiger charge is -2.44. The summed E-state index contributed by atoms with van der Waals surface area (Å²) in [4.78, 5) is 19.1. The third-order valence-electron chi connectivity index (χ3n) is 7.86. The van der Waals surface area contributed by atoms with Crippen molar-refractivity contribution in [2.75, 3.05) is 52.6 Å². The quantitative estimate of drug-likeness (QED) is 0.559. The minimum absolute atomic E-state index is 0.00581. The summed E-state index contributed by atoms with van der Waals surface area (Å²) in [5, 5.41) is 0. The number of hydrogen-bond acceptors (Lipinski definition) is 5. The second-order valence-electron chi connectivity index (χ2n) is 9.92. The molecule has 0 spiro atoms. The normalized spacial score (nSPS) is 22.8. The zero-order valence-corrected chi connectivity index (χ0v) is 20.2. The number of nitrogens with zero attached hydrogens (tertiary/aromatic N) is 2. The van der Waals surface area contributed by atoms with Gasteiger partial charge in [-0.05, 0) is 29.9 Å². The van der Waals surface area contributed by atoms with Gasteiger partial charge < -0.3 is 9.47 Å². The average molecular weight is 463 g/mol. The highest BCUT2D eigenvalue weighted by atomic mass is 16.5. The highest BCUT2D eigenvalue weighted by molar-refractivity contribution is 6.00. The number of carbonyl (C=O) groups is 1. The van der Waals surface area contributed by atoms with Crippen LogP contribution in [0.4, 0.5) is 0 Å². The van der Waals surface area contributed by atoms with Gasteiger partial charge in [0.2, 0.25) is 0 Å². The van der Waals surface area contributed by atoms with Crippen LogP contribution in [0, 0.1) is 0 Å². The maximum absolute atomic E-state index is 14.2. The van der Waals surface area contributed by atoms with E-state index < -0.39 is 0 Å². The molecule has 2 aromatic carbocycles. The second-order valence-corrected chi connectivity index (χ2v) is 9.92. The van der Waals surface area contributed by atoms with E-state index in [2.05, 4.69) is 64.4 Å². The van der Waals surface area contributed by atoms with Crippen molar-refractivity contribution in [3.8, 4) is 0 Å². The summed E-state index contributed by atoms with van der Waals surface area (Å²) in [6.07, 6.45) is 6.55. The summed E-state index contributed by atoms with van der Waals surface area (Å²) in [5.41, 5.74) is 3.42. The van der Waals surface area contributed by atoms with Gasteiger partial charge in [-0.3, -0.25) is 14.6 Å². The molecule has 2 saturated heterocycles. The number of rotatable bonds is 7. The zero-order valence-electron chi connectivity index (χ0n) is 20.2. The van der Waals surface area contributed by atoms with Crippen molar-refractivity contribution >= 4 is 5.78 Å². The molecule has 3 aliphatic rings. The second kappa shape index (κ2) is 11.6. The molecule has 5 heteroatoms. The van der Waals surface area contributed by atoms with E-state index in [0.29, 0.717) is 32.3 Å². The number of benzene rings is 2. The highest BCUT2D eigenvalue weighted by Gasteiger charge is 2.39. The van der Waals surface area contributed by atoms with Crippen molar-refractivity contribution in [2.24, 2.45) is 0 Å². The molecule has 0 N–H and O–H groups in total. The van der Waals surface area contributed by atoms with Crippen LogP contribution in [-0.4, -0.2) is 74.2 Å². The van der Waals surface area contributed by atoms with E-state index in [-0.39, 0.29) is 17.9 Å². The van der Waals surface area contributed by atoms with E-state index in [4.69, 9.17) is 9.47 Å². The fourth-order valence-electron chi connectivity index (χ4n) is 5.99. The molecule has 5 nitrogen and oxygen atoms in total. The molecule has 2 atom stereocenters. The minimum Gasteiger partial charge on any atom is -0.379 e. The molecule has 1 aliphatic carbocycles. The van der Waals surface area contributed by atoms with Gasteiger partial charge in [0, 0.05) is 31.7 Å². The fraction of sp³-hybridized carbons (Fsp3) is 0.552. The van der Waals surface area contributed by atoms with Crippen LogP contribution in [-0.2, 0) is 9.47 Å². The first-order valence-corrected chi connectivity index (χ1v) is 13.1. The van der Waals surface area contributed by atoms with E-state index in [1.54, 1.807) is 0 Å². The predicted octanol–water partition coefficient (Wildman–Crippen LogP) is 4.69. The summed E-state index contributed by atoms with van der Waals surface area (Å²) < 4.78 is 11.3. The van der Waals surface area contributed by atoms with Crippen molar-refractivity contribution in [3.63, 3.8) is 0 Å². The Morgan fingerprint density at radius 3 is 1.94 bits per heavy atom. The minimum atomic E-state index is -0.245. The Hall–Kier alpha value is -2.05. The van der Waals surface area contributed by atoms with Crippen molar-refractivity contribution < 1.29 is 14.3 Å². The number of hydrogen-bond donors (Lipinski definition) is 0. The van der Waals surface area contributed by atoms with Crippen LogP contribution in [0.3, 0.4) is 0 Å². The third-order valence-corrected chi connectivity index (χ3v) is 7.86. The lowest BCUT2D eigenvalue weighted by molar-refractivity contribution is -0.0301. The zero-order chi connectivity index (χ0) is 23.2. The van der Waals surface area contributed by atoms with Crippen molar-refractivity contribution in [3.05, 3.63) is 71.3 Å². The Bertz CT molecular complexity index is 899. The summed E-state index contributed by atoms with van der Waals surface area (Å²) in [6.45, 7) is 6.02. The van der Waals surface area contributed by atoms with Crippen LogP contribution in [0.5, 0.6) is 0 Å². The molecule has 0 bridgehead atoms. The van der Waals surface area contributed by atoms with E-state index in [1.165, 1.54) is 43.2 Å².